The molecule has 1 saturated carbocycles. The van der Waals surface area contributed by atoms with Gasteiger partial charge in [-0.05, 0) is 0 Å². The van der Waals surface area contributed by atoms with Gasteiger partial charge in [0.25, 0.3) is 0 Å². The molecule has 0 radical (unpaired) electrons. The molecule has 2 aromatic rings. The number of nitrogens with one attached hydrogen (secondary N) is 3. The summed E-state index contributed by atoms with van der Waals surface area (Å²) in [5, 5.41) is 15.8. The predicted octanol–water partition coefficient (Wildman–Crippen LogP) is 4.75. The average molecular weight is 484 g/mol. The fraction of sp³-hybridized carbons (Fsp3) is 0.538. The molecule has 34 heavy (non-hydrogen) atoms. The van der Waals surface area contributed by atoms with Crippen LogP contribution in [0.25, 0.3) is 0 Å². The Labute approximate surface area is 203 Å². The number of carbonyl (C=O) groups is 2. The second-order valence-corrected chi connectivity index (χ2v) is 18.1. The SMILES string of the molecule is Cc1[nH]c2c(c1NC(=O)C1([SiH-](C)(C)C)CC1)CN(C(=O)N[C@H](CCO)c1ccccc1)C2(C)C. The number of fused-ring (bicyclic) bond motifs is 1. The molecule has 1 atom stereocenters. The van der Waals surface area contributed by atoms with E-state index in [9.17, 15) is 14.7 Å². The molecule has 8 heteroatoms. The van der Waals surface area contributed by atoms with Crippen LogP contribution in [0.15, 0.2) is 30.3 Å². The number of aliphatic hydroxyl groups excluding tert-OH is 1. The Hall–Kier alpha value is -2.58. The number of urea groups is 1. The second kappa shape index (κ2) is 8.57. The van der Waals surface area contributed by atoms with Gasteiger partial charge in [-0.2, -0.15) is 0 Å². The maximum atomic E-state index is 13.4. The summed E-state index contributed by atoms with van der Waals surface area (Å²) in [6.07, 6.45) is 2.39. The van der Waals surface area contributed by atoms with Crippen molar-refractivity contribution in [1.29, 1.82) is 0 Å². The van der Waals surface area contributed by atoms with Gasteiger partial charge >= 0.3 is 180 Å². The number of aryl methyl sites for hydroxylation is 1. The van der Waals surface area contributed by atoms with Crippen molar-refractivity contribution >= 4 is 25.7 Å². The van der Waals surface area contributed by atoms with Gasteiger partial charge in [-0.3, -0.25) is 0 Å². The molecule has 4 N–H and O–H groups in total. The van der Waals surface area contributed by atoms with Crippen LogP contribution in [0.3, 0.4) is 0 Å². The van der Waals surface area contributed by atoms with Gasteiger partial charge in [-0.1, -0.05) is 18.2 Å². The van der Waals surface area contributed by atoms with E-state index in [1.54, 1.807) is 0 Å². The van der Waals surface area contributed by atoms with E-state index < -0.39 is 13.6 Å². The Morgan fingerprint density at radius 3 is 2.38 bits per heavy atom. The number of nitrogens with zero attached hydrogens (tertiary/aromatic N) is 1. The fourth-order valence-electron chi connectivity index (χ4n) is 5.57. The summed E-state index contributed by atoms with van der Waals surface area (Å²) in [4.78, 5) is 32.1. The minimum atomic E-state index is -1.96. The van der Waals surface area contributed by atoms with Gasteiger partial charge in [0.05, 0.1) is 0 Å². The van der Waals surface area contributed by atoms with E-state index >= 15 is 0 Å². The van der Waals surface area contributed by atoms with Crippen LogP contribution in [-0.2, 0) is 16.9 Å². The van der Waals surface area contributed by atoms with Gasteiger partial charge < -0.3 is 5.11 Å². The van der Waals surface area contributed by atoms with E-state index in [1.807, 2.05) is 56.0 Å². The summed E-state index contributed by atoms with van der Waals surface area (Å²) in [5.74, 6) is 0.141. The first-order valence-corrected chi connectivity index (χ1v) is 16.5. The number of aromatic nitrogens is 1. The number of anilines is 1. The van der Waals surface area contributed by atoms with Crippen LogP contribution >= 0.6 is 0 Å². The second-order valence-electron chi connectivity index (χ2n) is 11.8. The van der Waals surface area contributed by atoms with E-state index in [-0.39, 0.29) is 29.6 Å². The predicted molar refractivity (Wildman–Crippen MR) is 139 cm³/mol. The van der Waals surface area contributed by atoms with Crippen molar-refractivity contribution in [3.63, 3.8) is 0 Å². The van der Waals surface area contributed by atoms with Gasteiger partial charge in [-0.15, -0.1) is 0 Å². The molecule has 1 aromatic carbocycles. The van der Waals surface area contributed by atoms with E-state index in [0.29, 0.717) is 13.0 Å². The Morgan fingerprint density at radius 2 is 1.82 bits per heavy atom. The van der Waals surface area contributed by atoms with Gasteiger partial charge in [0, 0.05) is 0 Å². The molecule has 0 spiro atoms. The Morgan fingerprint density at radius 1 is 1.18 bits per heavy atom. The van der Waals surface area contributed by atoms with E-state index in [0.717, 1.165) is 41.0 Å². The standard InChI is InChI=1S/C26H39N4O3Si/c1-17-21(29-23(32)26(13-14-26)34(4,5)6)19-16-30(25(2,3)22(19)27-17)24(33)28-20(12-15-31)18-10-8-7-9-11-18/h7-11,20,27,31,34H,12-16H2,1-6H3,(H,28,33)(H,29,32)/q-1/t20-/m1/s1. The number of rotatable bonds is 7. The molecule has 3 amide bonds. The van der Waals surface area contributed by atoms with Gasteiger partial charge in [0.15, 0.2) is 0 Å². The quantitative estimate of drug-likeness (QED) is 0.428. The average Bonchev–Trinajstić information content (AvgIpc) is 3.49. The molecule has 0 unspecified atom stereocenters. The van der Waals surface area contributed by atoms with Crippen LogP contribution in [0.4, 0.5) is 10.5 Å². The molecule has 186 valence electrons. The number of aromatic amines is 1. The van der Waals surface area contributed by atoms with Crippen molar-refractivity contribution in [2.24, 2.45) is 0 Å². The number of amides is 3. The summed E-state index contributed by atoms with van der Waals surface area (Å²) in [6.45, 7) is 13.3. The van der Waals surface area contributed by atoms with Crippen molar-refractivity contribution in [3.8, 4) is 0 Å². The minimum absolute atomic E-state index is 0.0167. The molecule has 1 aliphatic carbocycles. The van der Waals surface area contributed by atoms with Crippen molar-refractivity contribution in [1.82, 2.24) is 15.2 Å². The van der Waals surface area contributed by atoms with Gasteiger partial charge in [0.2, 0.25) is 0 Å². The first-order chi connectivity index (χ1) is 15.9. The molecule has 1 fully saturated rings. The van der Waals surface area contributed by atoms with Crippen LogP contribution in [0.1, 0.15) is 61.7 Å². The topological polar surface area (TPSA) is 97.5 Å². The molecule has 0 bridgehead atoms. The van der Waals surface area contributed by atoms with Crippen molar-refractivity contribution in [2.75, 3.05) is 11.9 Å². The van der Waals surface area contributed by atoms with Gasteiger partial charge in [-0.25, -0.2) is 0 Å². The summed E-state index contributed by atoms with van der Waals surface area (Å²) in [7, 11) is -1.96. The number of hydrogen-bond acceptors (Lipinski definition) is 3. The van der Waals surface area contributed by atoms with Crippen molar-refractivity contribution in [3.05, 3.63) is 52.8 Å². The molecular weight excluding hydrogens is 444 g/mol. The van der Waals surface area contributed by atoms with Crippen LogP contribution < -0.4 is 10.6 Å². The third-order valence-corrected chi connectivity index (χ3v) is 12.3. The Kier molecular flexibility index (Phi) is 6.19. The molecule has 2 heterocycles. The Balaban J connectivity index is 1.56. The monoisotopic (exact) mass is 483 g/mol. The van der Waals surface area contributed by atoms with E-state index in [1.165, 1.54) is 0 Å². The van der Waals surface area contributed by atoms with Crippen LogP contribution in [-0.4, -0.2) is 41.6 Å². The van der Waals surface area contributed by atoms with Crippen LogP contribution in [0, 0.1) is 6.92 Å². The zero-order valence-electron chi connectivity index (χ0n) is 21.3. The van der Waals surface area contributed by atoms with Crippen molar-refractivity contribution < 1.29 is 14.7 Å². The van der Waals surface area contributed by atoms with Crippen LogP contribution in [0.5, 0.6) is 0 Å². The number of hydrogen-bond donors (Lipinski definition) is 4. The number of H-pyrrole nitrogens is 1. The third-order valence-electron chi connectivity index (χ3n) is 8.19. The summed E-state index contributed by atoms with van der Waals surface area (Å²) < 4.78 is 0. The zero-order valence-corrected chi connectivity index (χ0v) is 22.4. The molecular formula is C26H39N4O3Si-. The zero-order chi connectivity index (χ0) is 24.9. The number of benzene rings is 1. The fourth-order valence-corrected chi connectivity index (χ4v) is 8.30. The summed E-state index contributed by atoms with van der Waals surface area (Å²) >= 11 is 0. The molecule has 0 saturated heterocycles. The van der Waals surface area contributed by atoms with Gasteiger partial charge in [0.1, 0.15) is 0 Å². The molecule has 1 aliphatic heterocycles. The molecule has 7 nitrogen and oxygen atoms in total. The third kappa shape index (κ3) is 4.07. The molecule has 1 aromatic heterocycles. The first kappa shape index (κ1) is 24.5. The first-order valence-electron chi connectivity index (χ1n) is 12.5. The van der Waals surface area contributed by atoms with Crippen LogP contribution in [0.2, 0.25) is 24.7 Å². The summed E-state index contributed by atoms with van der Waals surface area (Å²) in [6, 6.07) is 9.26. The maximum absolute atomic E-state index is 13.4. The number of aliphatic hydroxyl groups is 1. The molecule has 2 aliphatic rings. The molecule has 4 rings (SSSR count). The van der Waals surface area contributed by atoms with E-state index in [4.69, 9.17) is 0 Å². The Bertz CT molecular complexity index is 1080. The van der Waals surface area contributed by atoms with E-state index in [2.05, 4.69) is 35.3 Å². The summed E-state index contributed by atoms with van der Waals surface area (Å²) in [5.41, 5.74) is 4.11. The normalized spacial score (nSPS) is 19.3. The number of carbonyl (C=O) groups excluding carboxylic acids is 2. The van der Waals surface area contributed by atoms with Crippen molar-refractivity contribution in [2.45, 2.75) is 82.8 Å².